The van der Waals surface area contributed by atoms with E-state index in [9.17, 15) is 59.9 Å². The van der Waals surface area contributed by atoms with Gasteiger partial charge in [0.05, 0.1) is 13.2 Å². The molecule has 2 aliphatic rings. The number of esters is 2. The van der Waals surface area contributed by atoms with Crippen LogP contribution >= 0.6 is 7.82 Å². The van der Waals surface area contributed by atoms with E-state index in [1.807, 2.05) is 6.08 Å². The number of phosphoric ester groups is 1. The van der Waals surface area contributed by atoms with E-state index >= 15 is 0 Å². The predicted octanol–water partition coefficient (Wildman–Crippen LogP) is 6.27. The lowest BCUT2D eigenvalue weighted by Crippen LogP contribution is -2.67. The highest BCUT2D eigenvalue weighted by Gasteiger charge is 2.55. The molecule has 1 saturated heterocycles. The Labute approximate surface area is 411 Å². The fourth-order valence-electron chi connectivity index (χ4n) is 8.44. The van der Waals surface area contributed by atoms with E-state index in [1.165, 1.54) is 128 Å². The molecule has 0 spiro atoms. The Morgan fingerprint density at radius 1 is 0.580 bits per heavy atom. The van der Waals surface area contributed by atoms with Crippen molar-refractivity contribution in [2.75, 3.05) is 19.8 Å². The zero-order valence-electron chi connectivity index (χ0n) is 41.6. The molecule has 69 heavy (non-hydrogen) atoms. The van der Waals surface area contributed by atoms with Gasteiger partial charge in [-0.15, -0.1) is 0 Å². The molecule has 0 aromatic heterocycles. The van der Waals surface area contributed by atoms with E-state index in [0.29, 0.717) is 6.42 Å². The number of rotatable bonds is 40. The van der Waals surface area contributed by atoms with Gasteiger partial charge in [-0.25, -0.2) is 9.36 Å². The molecule has 2 fully saturated rings. The summed E-state index contributed by atoms with van der Waals surface area (Å²) in [4.78, 5) is 36.4. The van der Waals surface area contributed by atoms with Gasteiger partial charge in [0.2, 0.25) is 0 Å². The normalized spacial score (nSPS) is 27.7. The van der Waals surface area contributed by atoms with Gasteiger partial charge < -0.3 is 64.7 Å². The van der Waals surface area contributed by atoms with E-state index in [2.05, 4.69) is 13.8 Å². The van der Waals surface area contributed by atoms with Crippen molar-refractivity contribution < 1.29 is 87.9 Å². The first-order valence-electron chi connectivity index (χ1n) is 26.2. The topological polar surface area (TPSA) is 289 Å². The number of ether oxygens (including phenoxy) is 4. The lowest BCUT2D eigenvalue weighted by molar-refractivity contribution is -0.338. The third-order valence-corrected chi connectivity index (χ3v) is 13.7. The number of phosphoric acid groups is 1. The van der Waals surface area contributed by atoms with E-state index < -0.39 is 113 Å². The Bertz CT molecular complexity index is 1430. The van der Waals surface area contributed by atoms with Gasteiger partial charge in [-0.2, -0.15) is 0 Å². The minimum Gasteiger partial charge on any atom is -0.458 e. The molecule has 0 amide bonds. The highest BCUT2D eigenvalue weighted by Crippen LogP contribution is 2.48. The van der Waals surface area contributed by atoms with Crippen LogP contribution in [0.3, 0.4) is 0 Å². The number of allylic oxidation sites excluding steroid dienone is 3. The van der Waals surface area contributed by atoms with Crippen LogP contribution in [0.5, 0.6) is 0 Å². The number of hydrogen-bond acceptors (Lipinski definition) is 17. The summed E-state index contributed by atoms with van der Waals surface area (Å²) in [5.74, 6) is -1.46. The lowest BCUT2D eigenvalue weighted by Gasteiger charge is -2.47. The van der Waals surface area contributed by atoms with Gasteiger partial charge >= 0.3 is 19.8 Å². The molecular weight excluding hydrogens is 920 g/mol. The molecule has 1 aliphatic carbocycles. The molecule has 404 valence electrons. The van der Waals surface area contributed by atoms with Gasteiger partial charge in [0, 0.05) is 12.5 Å². The molecule has 0 aromatic rings. The predicted molar refractivity (Wildman–Crippen MR) is 258 cm³/mol. The van der Waals surface area contributed by atoms with Crippen molar-refractivity contribution in [3.8, 4) is 0 Å². The smallest absolute Gasteiger partial charge is 0.458 e. The summed E-state index contributed by atoms with van der Waals surface area (Å²) < 4.78 is 45.3. The molecule has 13 unspecified atom stereocenters. The molecule has 19 heteroatoms. The number of carbonyl (C=O) groups excluding carboxylic acids is 2. The standard InChI is InChI=1S/C50H91O18P/c1-3-5-7-9-11-13-15-17-19-21-22-24-26-28-30-32-39(52)63-35-37(65-40(53)33-31-29-27-25-23-20-18-16-14-12-10-8-6-4-2)36-64-69(61,62)68-49-46(59)44(57)43(56)45(58)48(49)67-50-47(60)42(55)41(54)38(34-51)66-50/h26,28,30,32,37-38,41-51,54-60H,3-25,27,29,31,33-36H2,1-2H3,(H,61,62)/b28-26+,32-30+. The summed E-state index contributed by atoms with van der Waals surface area (Å²) in [5.41, 5.74) is 0. The van der Waals surface area contributed by atoms with Gasteiger partial charge in [-0.05, 0) is 19.3 Å². The molecule has 0 radical (unpaired) electrons. The highest BCUT2D eigenvalue weighted by molar-refractivity contribution is 7.47. The number of carbonyl (C=O) groups is 2. The third kappa shape index (κ3) is 26.6. The van der Waals surface area contributed by atoms with Crippen LogP contribution in [0.25, 0.3) is 0 Å². The molecule has 0 bridgehead atoms. The van der Waals surface area contributed by atoms with E-state index in [0.717, 1.165) is 44.9 Å². The van der Waals surface area contributed by atoms with Crippen molar-refractivity contribution in [2.24, 2.45) is 0 Å². The number of aliphatic hydroxyl groups is 8. The average molecular weight is 1010 g/mol. The Morgan fingerprint density at radius 3 is 1.55 bits per heavy atom. The average Bonchev–Trinajstić information content (AvgIpc) is 3.33. The first-order chi connectivity index (χ1) is 33.2. The van der Waals surface area contributed by atoms with E-state index in [1.54, 1.807) is 6.08 Å². The van der Waals surface area contributed by atoms with Gasteiger partial charge in [0.15, 0.2) is 12.4 Å². The molecule has 1 aliphatic heterocycles. The minimum absolute atomic E-state index is 0.0168. The Morgan fingerprint density at radius 2 is 1.04 bits per heavy atom. The van der Waals surface area contributed by atoms with Gasteiger partial charge in [0.25, 0.3) is 0 Å². The van der Waals surface area contributed by atoms with Crippen LogP contribution in [-0.2, 0) is 42.1 Å². The Balaban J connectivity index is 1.96. The van der Waals surface area contributed by atoms with Gasteiger partial charge in [-0.1, -0.05) is 180 Å². The van der Waals surface area contributed by atoms with Crippen molar-refractivity contribution in [1.29, 1.82) is 0 Å². The second-order valence-electron chi connectivity index (χ2n) is 18.8. The summed E-state index contributed by atoms with van der Waals surface area (Å²) >= 11 is 0. The van der Waals surface area contributed by atoms with Crippen molar-refractivity contribution in [3.63, 3.8) is 0 Å². The molecular formula is C50H91O18P. The second-order valence-corrected chi connectivity index (χ2v) is 20.2. The zero-order valence-corrected chi connectivity index (χ0v) is 42.5. The maximum Gasteiger partial charge on any atom is 0.472 e. The van der Waals surface area contributed by atoms with Crippen LogP contribution < -0.4 is 0 Å². The first-order valence-corrected chi connectivity index (χ1v) is 27.7. The van der Waals surface area contributed by atoms with Crippen molar-refractivity contribution >= 4 is 19.8 Å². The maximum absolute atomic E-state index is 13.4. The number of unbranched alkanes of at least 4 members (excludes halogenated alkanes) is 24. The van der Waals surface area contributed by atoms with Crippen LogP contribution in [0.15, 0.2) is 24.3 Å². The van der Waals surface area contributed by atoms with Gasteiger partial charge in [0.1, 0.15) is 67.6 Å². The van der Waals surface area contributed by atoms with Crippen molar-refractivity contribution in [1.82, 2.24) is 0 Å². The molecule has 2 rings (SSSR count). The highest BCUT2D eigenvalue weighted by atomic mass is 31.2. The van der Waals surface area contributed by atoms with Crippen LogP contribution in [0.2, 0.25) is 0 Å². The maximum atomic E-state index is 13.4. The van der Waals surface area contributed by atoms with Crippen molar-refractivity contribution in [3.05, 3.63) is 24.3 Å². The summed E-state index contributed by atoms with van der Waals surface area (Å²) in [5, 5.41) is 82.9. The molecule has 1 saturated carbocycles. The van der Waals surface area contributed by atoms with E-state index in [4.69, 9.17) is 28.0 Å². The minimum atomic E-state index is -5.39. The SMILES string of the molecule is CCCCCCCCCCCCC/C=C/C=C/C(=O)OCC(COP(=O)(O)OC1C(O)C(O)C(O)C(O)C1OC1OC(CO)C(O)C(O)C1O)OC(=O)CCCCCCCCCCCCCCCC. The summed E-state index contributed by atoms with van der Waals surface area (Å²) in [6.07, 6.45) is 13.2. The van der Waals surface area contributed by atoms with Crippen LogP contribution in [0.4, 0.5) is 0 Å². The fourth-order valence-corrected chi connectivity index (χ4v) is 9.41. The third-order valence-electron chi connectivity index (χ3n) is 12.8. The van der Waals surface area contributed by atoms with Crippen LogP contribution in [0, 0.1) is 0 Å². The molecule has 13 atom stereocenters. The second kappa shape index (κ2) is 37.8. The summed E-state index contributed by atoms with van der Waals surface area (Å²) in [7, 11) is -5.39. The van der Waals surface area contributed by atoms with Gasteiger partial charge in [-0.3, -0.25) is 13.8 Å². The quantitative estimate of drug-likeness (QED) is 0.0107. The Hall–Kier alpha value is -1.87. The number of hydrogen-bond donors (Lipinski definition) is 9. The monoisotopic (exact) mass is 1010 g/mol. The molecule has 18 nitrogen and oxygen atoms in total. The largest absolute Gasteiger partial charge is 0.472 e. The van der Waals surface area contributed by atoms with Crippen molar-refractivity contribution in [2.45, 2.75) is 261 Å². The lowest BCUT2D eigenvalue weighted by atomic mass is 9.84. The van der Waals surface area contributed by atoms with E-state index in [-0.39, 0.29) is 6.42 Å². The Kier molecular flexibility index (Phi) is 34.7. The van der Waals surface area contributed by atoms with Crippen LogP contribution in [0.1, 0.15) is 187 Å². The molecule has 1 heterocycles. The zero-order chi connectivity index (χ0) is 50.9. The fraction of sp³-hybridized carbons (Fsp3) is 0.880. The summed E-state index contributed by atoms with van der Waals surface area (Å²) in [6, 6.07) is 0. The molecule has 9 N–H and O–H groups in total. The number of aliphatic hydroxyl groups excluding tert-OH is 8. The van der Waals surface area contributed by atoms with Crippen LogP contribution in [-0.4, -0.2) is 151 Å². The molecule has 0 aromatic carbocycles. The summed E-state index contributed by atoms with van der Waals surface area (Å²) in [6.45, 7) is 2.13. The first kappa shape index (κ1) is 63.2.